The van der Waals surface area contributed by atoms with Gasteiger partial charge in [-0.15, -0.1) is 0 Å². The van der Waals surface area contributed by atoms with Crippen molar-refractivity contribution in [2.75, 3.05) is 52.7 Å². The van der Waals surface area contributed by atoms with Crippen LogP contribution in [0, 0.1) is 22.7 Å². The number of halogens is 2. The standard InChI is InChI=1S/C39H55F2N7O13/c1-4-5-34-60-28-10-21-22-9-24(40)23-8-20(50)6-7-36(23,2)38(22,41)26(51)11-37(21,3)39(28,61-34)27(52)18-59-19-48-33(57)15-46-31(55)13-44-29(53)12-43-30(54)14-45-32(56)16-47-35(58)25(42)17-49/h6-8,21-22,24-26,28,34,49,51H,4-5,9-19,42H2,1-3H3,(H,43,54)(H,44,53)(H,45,56)(H,46,55)(H,47,58)(H,48,57)/t21-,22-,24-,25-,26-,28+,34?,36-,37-,38-,39+/m0/s1. The van der Waals surface area contributed by atoms with E-state index >= 15 is 8.78 Å². The van der Waals surface area contributed by atoms with Crippen LogP contribution >= 0.6 is 0 Å². The molecule has 10 N–H and O–H groups in total. The quantitative estimate of drug-likeness (QED) is 0.0456. The number of ketones is 2. The van der Waals surface area contributed by atoms with Crippen LogP contribution in [-0.2, 0) is 52.6 Å². The van der Waals surface area contributed by atoms with Gasteiger partial charge in [-0.2, -0.15) is 0 Å². The molecule has 1 aliphatic heterocycles. The summed E-state index contributed by atoms with van der Waals surface area (Å²) in [6, 6.07) is -1.21. The first-order valence-electron chi connectivity index (χ1n) is 20.2. The predicted octanol–water partition coefficient (Wildman–Crippen LogP) is -3.24. The molecule has 20 nitrogen and oxygen atoms in total. The van der Waals surface area contributed by atoms with Gasteiger partial charge in [0.25, 0.3) is 0 Å². The summed E-state index contributed by atoms with van der Waals surface area (Å²) in [5.41, 5.74) is -1.60. The molecule has 0 aromatic heterocycles. The maximum absolute atomic E-state index is 17.7. The van der Waals surface area contributed by atoms with Gasteiger partial charge in [0.05, 0.1) is 51.5 Å². The highest BCUT2D eigenvalue weighted by Crippen LogP contribution is 2.72. The molecule has 5 rings (SSSR count). The number of rotatable bonds is 19. The fraction of sp³-hybridized carbons (Fsp3) is 0.692. The summed E-state index contributed by atoms with van der Waals surface area (Å²) < 4.78 is 51.9. The van der Waals surface area contributed by atoms with E-state index in [9.17, 15) is 43.5 Å². The van der Waals surface area contributed by atoms with Gasteiger partial charge in [0, 0.05) is 16.7 Å². The normalized spacial score (nSPS) is 33.7. The average molecular weight is 868 g/mol. The highest BCUT2D eigenvalue weighted by molar-refractivity contribution is 6.01. The topological polar surface area (TPSA) is 303 Å². The van der Waals surface area contributed by atoms with Gasteiger partial charge < -0.3 is 62.1 Å². The molecule has 1 unspecified atom stereocenters. The number of aliphatic hydroxyl groups excluding tert-OH is 2. The number of nitrogens with two attached hydrogens (primary N) is 1. The molecule has 6 amide bonds. The third-order valence-corrected chi connectivity index (χ3v) is 12.7. The molecule has 3 saturated carbocycles. The number of hydrogen-bond acceptors (Lipinski definition) is 14. The second-order valence-corrected chi connectivity index (χ2v) is 16.4. The number of aliphatic hydroxyl groups is 2. The van der Waals surface area contributed by atoms with Crippen molar-refractivity contribution in [3.05, 3.63) is 23.8 Å². The molecule has 338 valence electrons. The van der Waals surface area contributed by atoms with Gasteiger partial charge in [0.1, 0.15) is 25.6 Å². The smallest absolute Gasteiger partial charge is 0.241 e. The summed E-state index contributed by atoms with van der Waals surface area (Å²) in [5.74, 6) is -7.24. The summed E-state index contributed by atoms with van der Waals surface area (Å²) in [6.45, 7) is 0.799. The minimum absolute atomic E-state index is 0.0162. The Morgan fingerprint density at radius 3 is 2.02 bits per heavy atom. The Balaban J connectivity index is 1.07. The number of ether oxygens (including phenoxy) is 3. The molecule has 0 spiro atoms. The van der Waals surface area contributed by atoms with Crippen LogP contribution < -0.4 is 37.6 Å². The first-order chi connectivity index (χ1) is 28.8. The Kier molecular flexibility index (Phi) is 14.8. The van der Waals surface area contributed by atoms with Crippen LogP contribution in [0.1, 0.15) is 52.9 Å². The number of nitrogens with one attached hydrogen (secondary N) is 6. The van der Waals surface area contributed by atoms with Crippen LogP contribution in [0.2, 0.25) is 0 Å². The second-order valence-electron chi connectivity index (χ2n) is 16.4. The number of carbonyl (C=O) groups excluding carboxylic acids is 8. The van der Waals surface area contributed by atoms with E-state index in [4.69, 9.17) is 25.1 Å². The number of allylic oxidation sites excluding steroid dienone is 4. The predicted molar refractivity (Wildman–Crippen MR) is 205 cm³/mol. The molecule has 0 aromatic rings. The van der Waals surface area contributed by atoms with Crippen molar-refractivity contribution in [1.29, 1.82) is 0 Å². The number of alkyl halides is 2. The van der Waals surface area contributed by atoms with Gasteiger partial charge in [-0.3, -0.25) is 38.4 Å². The van der Waals surface area contributed by atoms with E-state index in [1.54, 1.807) is 6.92 Å². The number of Topliss-reactive ketones (excluding diaryl/α,β-unsaturated/α-hetero) is 1. The Hall–Kier alpha value is -4.74. The van der Waals surface area contributed by atoms with Gasteiger partial charge in [-0.05, 0) is 56.3 Å². The van der Waals surface area contributed by atoms with E-state index in [-0.39, 0.29) is 24.8 Å². The highest BCUT2D eigenvalue weighted by atomic mass is 19.1. The van der Waals surface area contributed by atoms with E-state index in [0.717, 1.165) is 6.08 Å². The lowest BCUT2D eigenvalue weighted by molar-refractivity contribution is -0.235. The molecule has 0 aromatic carbocycles. The summed E-state index contributed by atoms with van der Waals surface area (Å²) in [7, 11) is 0. The first-order valence-corrected chi connectivity index (χ1v) is 20.2. The zero-order valence-corrected chi connectivity index (χ0v) is 34.2. The summed E-state index contributed by atoms with van der Waals surface area (Å²) in [5, 5.41) is 34.0. The molecule has 4 fully saturated rings. The van der Waals surface area contributed by atoms with E-state index < -0.39 is 164 Å². The van der Waals surface area contributed by atoms with Gasteiger partial charge in [0.2, 0.25) is 35.4 Å². The summed E-state index contributed by atoms with van der Waals surface area (Å²) >= 11 is 0. The average Bonchev–Trinajstić information content (AvgIpc) is 3.71. The number of fused-ring (bicyclic) bond motifs is 7. The van der Waals surface area contributed by atoms with Gasteiger partial charge in [-0.1, -0.05) is 26.3 Å². The van der Waals surface area contributed by atoms with Crippen molar-refractivity contribution >= 4 is 47.0 Å². The molecule has 0 bridgehead atoms. The minimum atomic E-state index is -2.36. The Morgan fingerprint density at radius 1 is 0.902 bits per heavy atom. The maximum Gasteiger partial charge on any atom is 0.241 e. The number of hydrogen-bond donors (Lipinski definition) is 9. The van der Waals surface area contributed by atoms with Gasteiger partial charge in [0.15, 0.2) is 29.1 Å². The van der Waals surface area contributed by atoms with Crippen LogP contribution in [0.25, 0.3) is 0 Å². The Morgan fingerprint density at radius 2 is 1.46 bits per heavy atom. The van der Waals surface area contributed by atoms with Crippen molar-refractivity contribution in [1.82, 2.24) is 31.9 Å². The fourth-order valence-electron chi connectivity index (χ4n) is 9.68. The second kappa shape index (κ2) is 19.1. The van der Waals surface area contributed by atoms with Gasteiger partial charge in [-0.25, -0.2) is 8.78 Å². The summed E-state index contributed by atoms with van der Waals surface area (Å²) in [6.07, 6.45) is -0.616. The SMILES string of the molecule is CCCC1O[C@@H]2C[C@H]3[C@@H]4C[C@H](F)C5=CC(=O)C=C[C@]5(C)[C@@]4(F)[C@@H](O)C[C@]3(C)[C@]2(C(=O)COCNC(=O)CNC(=O)CNC(=O)CNC(=O)CNC(=O)CNC(=O)[C@@H](N)CO)O1. The molecule has 5 aliphatic rings. The fourth-order valence-corrected chi connectivity index (χ4v) is 9.68. The lowest BCUT2D eigenvalue weighted by Crippen LogP contribution is -2.71. The molecule has 22 heteroatoms. The molecular formula is C39H55F2N7O13. The van der Waals surface area contributed by atoms with Crippen LogP contribution in [0.15, 0.2) is 23.8 Å². The van der Waals surface area contributed by atoms with E-state index in [1.807, 2.05) is 6.92 Å². The largest absolute Gasteiger partial charge is 0.394 e. The third kappa shape index (κ3) is 9.24. The maximum atomic E-state index is 17.7. The molecule has 61 heavy (non-hydrogen) atoms. The molecule has 1 saturated heterocycles. The van der Waals surface area contributed by atoms with Gasteiger partial charge >= 0.3 is 0 Å². The van der Waals surface area contributed by atoms with Crippen molar-refractivity contribution in [3.63, 3.8) is 0 Å². The Labute approximate surface area is 349 Å². The van der Waals surface area contributed by atoms with Crippen LogP contribution in [0.3, 0.4) is 0 Å². The molecule has 1 heterocycles. The molecule has 0 radical (unpaired) electrons. The lowest BCUT2D eigenvalue weighted by atomic mass is 9.44. The molecule has 4 aliphatic carbocycles. The van der Waals surface area contributed by atoms with Crippen LogP contribution in [-0.4, -0.2) is 152 Å². The Bertz CT molecular complexity index is 1840. The van der Waals surface area contributed by atoms with Crippen LogP contribution in [0.5, 0.6) is 0 Å². The van der Waals surface area contributed by atoms with E-state index in [2.05, 4.69) is 31.9 Å². The van der Waals surface area contributed by atoms with Crippen molar-refractivity contribution in [2.24, 2.45) is 28.4 Å². The van der Waals surface area contributed by atoms with E-state index in [1.165, 1.54) is 19.1 Å². The van der Waals surface area contributed by atoms with E-state index in [0.29, 0.717) is 12.8 Å². The first kappa shape index (κ1) is 47.3. The van der Waals surface area contributed by atoms with Crippen molar-refractivity contribution in [2.45, 2.75) is 94.9 Å². The number of amides is 6. The third-order valence-electron chi connectivity index (χ3n) is 12.7. The van der Waals surface area contributed by atoms with Crippen molar-refractivity contribution < 1.29 is 71.6 Å². The monoisotopic (exact) mass is 867 g/mol. The van der Waals surface area contributed by atoms with Crippen LogP contribution in [0.4, 0.5) is 8.78 Å². The van der Waals surface area contributed by atoms with Crippen molar-refractivity contribution in [3.8, 4) is 0 Å². The minimum Gasteiger partial charge on any atom is -0.394 e. The molecular weight excluding hydrogens is 812 g/mol. The zero-order chi connectivity index (χ0) is 44.9. The highest BCUT2D eigenvalue weighted by Gasteiger charge is 2.80. The molecule has 11 atom stereocenters. The number of carbonyl (C=O) groups is 8. The summed E-state index contributed by atoms with van der Waals surface area (Å²) in [4.78, 5) is 98.3. The lowest BCUT2D eigenvalue weighted by Gasteiger charge is -2.63. The zero-order valence-electron chi connectivity index (χ0n) is 34.2.